The fourth-order valence-corrected chi connectivity index (χ4v) is 4.47. The van der Waals surface area contributed by atoms with E-state index in [1.807, 2.05) is 24.3 Å². The van der Waals surface area contributed by atoms with Crippen molar-refractivity contribution in [3.8, 4) is 0 Å². The third kappa shape index (κ3) is 7.30. The number of nitrogens with zero attached hydrogens (tertiary/aromatic N) is 1. The highest BCUT2D eigenvalue weighted by molar-refractivity contribution is 7.18. The molecule has 0 radical (unpaired) electrons. The molecule has 37 heavy (non-hydrogen) atoms. The number of thiophene rings is 1. The van der Waals surface area contributed by atoms with Crippen molar-refractivity contribution >= 4 is 52.2 Å². The third-order valence-electron chi connectivity index (χ3n) is 5.09. The lowest BCUT2D eigenvalue weighted by Crippen LogP contribution is -2.23. The maximum Gasteiger partial charge on any atom is 0.490 e. The molecular formula is C24H20ClF3N4O4S. The van der Waals surface area contributed by atoms with E-state index in [4.69, 9.17) is 32.6 Å². The number of nitrogens with one attached hydrogen (secondary N) is 2. The standard InChI is InChI=1S/C22H19ClN4O2S.C2HF3O2/c23-19-8-7-18(30-19)21(28)26-17-6-2-5-15-16(17)12-27(22(15)29)11-14-4-1-3-13(9-14)10-20(24)25;3-2(4,5)1(6)7/h1-9H,10-12H2,(H3,24,25)(H,26,28);(H,6,7). The first-order chi connectivity index (χ1) is 17.3. The molecule has 3 aromatic rings. The highest BCUT2D eigenvalue weighted by atomic mass is 35.5. The Morgan fingerprint density at radius 1 is 1.14 bits per heavy atom. The SMILES string of the molecule is N=C(N)Cc1cccc(CN2Cc3c(NC(=O)c4ccc(Cl)s4)cccc3C2=O)c1.O=C(O)C(F)(F)F. The Bertz CT molecular complexity index is 1360. The van der Waals surface area contributed by atoms with Gasteiger partial charge in [-0.1, -0.05) is 41.9 Å². The van der Waals surface area contributed by atoms with Gasteiger partial charge in [0.15, 0.2) is 0 Å². The van der Waals surface area contributed by atoms with Crippen LogP contribution >= 0.6 is 22.9 Å². The van der Waals surface area contributed by atoms with E-state index in [0.29, 0.717) is 40.0 Å². The maximum absolute atomic E-state index is 12.9. The molecule has 0 saturated heterocycles. The number of halogens is 4. The van der Waals surface area contributed by atoms with Crippen molar-refractivity contribution in [1.29, 1.82) is 5.41 Å². The van der Waals surface area contributed by atoms with Crippen LogP contribution in [0.15, 0.2) is 54.6 Å². The molecule has 0 atom stereocenters. The number of hydrogen-bond donors (Lipinski definition) is 4. The van der Waals surface area contributed by atoms with E-state index in [2.05, 4.69) is 5.32 Å². The molecule has 1 aliphatic heterocycles. The van der Waals surface area contributed by atoms with Crippen LogP contribution in [0, 0.1) is 5.41 Å². The fraction of sp³-hybridized carbons (Fsp3) is 0.167. The van der Waals surface area contributed by atoms with Gasteiger partial charge in [0.25, 0.3) is 11.8 Å². The predicted molar refractivity (Wildman–Crippen MR) is 133 cm³/mol. The first-order valence-electron chi connectivity index (χ1n) is 10.5. The zero-order valence-electron chi connectivity index (χ0n) is 18.9. The smallest absolute Gasteiger partial charge is 0.475 e. The Kier molecular flexibility index (Phi) is 8.56. The van der Waals surface area contributed by atoms with Crippen LogP contribution in [0.2, 0.25) is 4.34 Å². The number of nitrogens with two attached hydrogens (primary N) is 1. The van der Waals surface area contributed by atoms with E-state index in [9.17, 15) is 22.8 Å². The Labute approximate surface area is 218 Å². The first-order valence-corrected chi connectivity index (χ1v) is 11.7. The van der Waals surface area contributed by atoms with Crippen LogP contribution < -0.4 is 11.1 Å². The molecule has 1 aliphatic rings. The number of rotatable bonds is 6. The number of carboxylic acid groups (broad SMARTS) is 1. The lowest BCUT2D eigenvalue weighted by Gasteiger charge is -2.16. The van der Waals surface area contributed by atoms with E-state index in [0.717, 1.165) is 16.7 Å². The number of hydrogen-bond acceptors (Lipinski definition) is 5. The van der Waals surface area contributed by atoms with Crippen LogP contribution in [0.3, 0.4) is 0 Å². The molecule has 0 unspecified atom stereocenters. The summed E-state index contributed by atoms with van der Waals surface area (Å²) in [5, 5.41) is 17.5. The van der Waals surface area contributed by atoms with Gasteiger partial charge < -0.3 is 21.1 Å². The summed E-state index contributed by atoms with van der Waals surface area (Å²) in [6, 6.07) is 16.4. The summed E-state index contributed by atoms with van der Waals surface area (Å²) < 4.78 is 32.3. The summed E-state index contributed by atoms with van der Waals surface area (Å²) in [4.78, 5) is 36.6. The largest absolute Gasteiger partial charge is 0.490 e. The second-order valence-corrected chi connectivity index (χ2v) is 9.59. The molecule has 8 nitrogen and oxygen atoms in total. The molecule has 4 rings (SSSR count). The van der Waals surface area contributed by atoms with E-state index >= 15 is 0 Å². The number of aliphatic carboxylic acids is 1. The van der Waals surface area contributed by atoms with Crippen LogP contribution in [0.5, 0.6) is 0 Å². The highest BCUT2D eigenvalue weighted by Crippen LogP contribution is 2.31. The van der Waals surface area contributed by atoms with Crippen molar-refractivity contribution in [2.45, 2.75) is 25.7 Å². The van der Waals surface area contributed by atoms with Crippen LogP contribution in [0.4, 0.5) is 18.9 Å². The van der Waals surface area contributed by atoms with Crippen molar-refractivity contribution < 1.29 is 32.7 Å². The molecule has 5 N–H and O–H groups in total. The molecule has 0 saturated carbocycles. The fourth-order valence-electron chi connectivity index (χ4n) is 3.53. The number of alkyl halides is 3. The van der Waals surface area contributed by atoms with Crippen molar-refractivity contribution in [2.24, 2.45) is 5.73 Å². The monoisotopic (exact) mass is 552 g/mol. The predicted octanol–water partition coefficient (Wildman–Crippen LogP) is 4.92. The van der Waals surface area contributed by atoms with Crippen molar-refractivity contribution in [3.05, 3.63) is 86.1 Å². The average Bonchev–Trinajstić information content (AvgIpc) is 3.38. The zero-order chi connectivity index (χ0) is 27.3. The summed E-state index contributed by atoms with van der Waals surface area (Å²) in [5.74, 6) is -2.97. The van der Waals surface area contributed by atoms with Gasteiger partial charge >= 0.3 is 12.1 Å². The summed E-state index contributed by atoms with van der Waals surface area (Å²) in [6.07, 6.45) is -4.70. The lowest BCUT2D eigenvalue weighted by molar-refractivity contribution is -0.192. The molecule has 0 bridgehead atoms. The normalized spacial score (nSPS) is 12.4. The van der Waals surface area contributed by atoms with Gasteiger partial charge in [-0.2, -0.15) is 13.2 Å². The topological polar surface area (TPSA) is 137 Å². The van der Waals surface area contributed by atoms with Gasteiger partial charge in [-0.3, -0.25) is 15.0 Å². The highest BCUT2D eigenvalue weighted by Gasteiger charge is 2.38. The summed E-state index contributed by atoms with van der Waals surface area (Å²) in [7, 11) is 0. The minimum absolute atomic E-state index is 0.0720. The Hall–Kier alpha value is -3.90. The maximum atomic E-state index is 12.9. The molecule has 0 spiro atoms. The van der Waals surface area contributed by atoms with E-state index in [-0.39, 0.29) is 17.6 Å². The molecular weight excluding hydrogens is 533 g/mol. The first kappa shape index (κ1) is 27.7. The molecule has 13 heteroatoms. The Morgan fingerprint density at radius 3 is 2.38 bits per heavy atom. The zero-order valence-corrected chi connectivity index (χ0v) is 20.5. The molecule has 2 aromatic carbocycles. The van der Waals surface area contributed by atoms with Gasteiger partial charge in [0.05, 0.1) is 15.0 Å². The second kappa shape index (κ2) is 11.4. The number of carboxylic acids is 1. The third-order valence-corrected chi connectivity index (χ3v) is 6.32. The van der Waals surface area contributed by atoms with Gasteiger partial charge in [-0.15, -0.1) is 11.3 Å². The van der Waals surface area contributed by atoms with E-state index in [1.165, 1.54) is 11.3 Å². The van der Waals surface area contributed by atoms with E-state index < -0.39 is 12.1 Å². The van der Waals surface area contributed by atoms with Gasteiger partial charge in [0.1, 0.15) is 0 Å². The molecule has 1 aromatic heterocycles. The minimum atomic E-state index is -5.08. The van der Waals surface area contributed by atoms with Gasteiger partial charge in [0, 0.05) is 36.3 Å². The number of benzene rings is 2. The van der Waals surface area contributed by atoms with Crippen LogP contribution in [0.1, 0.15) is 36.7 Å². The van der Waals surface area contributed by atoms with Crippen molar-refractivity contribution in [3.63, 3.8) is 0 Å². The van der Waals surface area contributed by atoms with Crippen LogP contribution in [-0.2, 0) is 24.3 Å². The van der Waals surface area contributed by atoms with E-state index in [1.54, 1.807) is 35.2 Å². The molecule has 0 aliphatic carbocycles. The quantitative estimate of drug-likeness (QED) is 0.254. The number of fused-ring (bicyclic) bond motifs is 1. The number of amides is 2. The second-order valence-electron chi connectivity index (χ2n) is 7.88. The number of carbonyl (C=O) groups is 3. The minimum Gasteiger partial charge on any atom is -0.475 e. The summed E-state index contributed by atoms with van der Waals surface area (Å²) >= 11 is 7.13. The molecule has 194 valence electrons. The average molecular weight is 553 g/mol. The molecule has 2 amide bonds. The number of anilines is 1. The Balaban J connectivity index is 0.000000479. The lowest BCUT2D eigenvalue weighted by atomic mass is 10.1. The number of amidine groups is 1. The molecule has 2 heterocycles. The van der Waals surface area contributed by atoms with Crippen LogP contribution in [-0.4, -0.2) is 39.8 Å². The molecule has 0 fully saturated rings. The van der Waals surface area contributed by atoms with Crippen molar-refractivity contribution in [2.75, 3.05) is 5.32 Å². The van der Waals surface area contributed by atoms with Crippen LogP contribution in [0.25, 0.3) is 0 Å². The van der Waals surface area contributed by atoms with Gasteiger partial charge in [-0.05, 0) is 35.4 Å². The Morgan fingerprint density at radius 2 is 1.78 bits per heavy atom. The number of carbonyl (C=O) groups excluding carboxylic acids is 2. The summed E-state index contributed by atoms with van der Waals surface area (Å²) in [5.41, 5.74) is 9.42. The van der Waals surface area contributed by atoms with Gasteiger partial charge in [-0.25, -0.2) is 4.79 Å². The van der Waals surface area contributed by atoms with Gasteiger partial charge in [0.2, 0.25) is 0 Å². The summed E-state index contributed by atoms with van der Waals surface area (Å²) in [6.45, 7) is 0.847. The van der Waals surface area contributed by atoms with Crippen molar-refractivity contribution in [1.82, 2.24) is 4.90 Å².